The topological polar surface area (TPSA) is 98.5 Å². The van der Waals surface area contributed by atoms with Gasteiger partial charge in [-0.3, -0.25) is 0 Å². The number of nitrogens with two attached hydrogens (primary N) is 1. The second-order valence-electron chi connectivity index (χ2n) is 5.98. The van der Waals surface area contributed by atoms with Gasteiger partial charge in [0.05, 0.1) is 17.6 Å². The van der Waals surface area contributed by atoms with Crippen molar-refractivity contribution in [2.45, 2.75) is 43.5 Å². The summed E-state index contributed by atoms with van der Waals surface area (Å²) in [5, 5.41) is 0. The summed E-state index contributed by atoms with van der Waals surface area (Å²) in [6.07, 6.45) is 4.21. The molecule has 1 aromatic carbocycles. The zero-order valence-corrected chi connectivity index (χ0v) is 15.6. The Morgan fingerprint density at radius 1 is 1.38 bits per heavy atom. The fraction of sp³-hybridized carbons (Fsp3) is 0.562. The van der Waals surface area contributed by atoms with Crippen LogP contribution in [0.5, 0.6) is 0 Å². The first-order valence-corrected chi connectivity index (χ1v) is 9.28. The zero-order valence-electron chi connectivity index (χ0n) is 13.9. The van der Waals surface area contributed by atoms with E-state index in [9.17, 15) is 13.2 Å². The summed E-state index contributed by atoms with van der Waals surface area (Å²) in [5.41, 5.74) is 6.68. The van der Waals surface area contributed by atoms with Crippen LogP contribution < -0.4 is 10.5 Å². The standard InChI is InChI=1S/C16H24N2O4S.ClH/c1-11-7-8-13(9-14(11)16(19)22-2)23(20,21)18-15(10-17)12-5-3-4-6-12;/h7-9,12,15,18H,3-6,10,17H2,1-2H3;1H. The molecule has 8 heteroatoms. The zero-order chi connectivity index (χ0) is 17.0. The minimum atomic E-state index is -3.73. The number of esters is 1. The van der Waals surface area contributed by atoms with Crippen LogP contribution in [0.1, 0.15) is 41.6 Å². The monoisotopic (exact) mass is 376 g/mol. The number of carbonyl (C=O) groups is 1. The van der Waals surface area contributed by atoms with Gasteiger partial charge in [0, 0.05) is 12.6 Å². The van der Waals surface area contributed by atoms with Crippen LogP contribution in [0.2, 0.25) is 0 Å². The van der Waals surface area contributed by atoms with Gasteiger partial charge >= 0.3 is 5.97 Å². The predicted molar refractivity (Wildman–Crippen MR) is 94.9 cm³/mol. The van der Waals surface area contributed by atoms with Crippen LogP contribution in [0, 0.1) is 12.8 Å². The summed E-state index contributed by atoms with van der Waals surface area (Å²) >= 11 is 0. The van der Waals surface area contributed by atoms with Crippen molar-refractivity contribution < 1.29 is 17.9 Å². The molecule has 0 radical (unpaired) electrons. The quantitative estimate of drug-likeness (QED) is 0.740. The molecular formula is C16H25ClN2O4S. The number of ether oxygens (including phenoxy) is 1. The van der Waals surface area contributed by atoms with Gasteiger partial charge in [-0.1, -0.05) is 18.9 Å². The van der Waals surface area contributed by atoms with Gasteiger partial charge in [0.15, 0.2) is 0 Å². The van der Waals surface area contributed by atoms with Crippen molar-refractivity contribution in [2.24, 2.45) is 11.7 Å². The first-order valence-electron chi connectivity index (χ1n) is 7.80. The van der Waals surface area contributed by atoms with Crippen LogP contribution in [0.4, 0.5) is 0 Å². The third-order valence-corrected chi connectivity index (χ3v) is 5.94. The summed E-state index contributed by atoms with van der Waals surface area (Å²) in [7, 11) is -2.46. The van der Waals surface area contributed by atoms with Crippen LogP contribution in [-0.2, 0) is 14.8 Å². The van der Waals surface area contributed by atoms with E-state index in [-0.39, 0.29) is 41.4 Å². The number of benzene rings is 1. The Kier molecular flexibility index (Phi) is 7.66. The van der Waals surface area contributed by atoms with E-state index in [0.29, 0.717) is 5.56 Å². The van der Waals surface area contributed by atoms with E-state index in [2.05, 4.69) is 4.72 Å². The third-order valence-electron chi connectivity index (χ3n) is 4.45. The van der Waals surface area contributed by atoms with E-state index < -0.39 is 16.0 Å². The van der Waals surface area contributed by atoms with Gasteiger partial charge in [0.25, 0.3) is 0 Å². The molecule has 0 saturated heterocycles. The van der Waals surface area contributed by atoms with Crippen LogP contribution in [0.3, 0.4) is 0 Å². The molecule has 1 aromatic rings. The number of methoxy groups -OCH3 is 1. The second-order valence-corrected chi connectivity index (χ2v) is 7.69. The SMILES string of the molecule is COC(=O)c1cc(S(=O)(=O)NC(CN)C2CCCC2)ccc1C.Cl. The van der Waals surface area contributed by atoms with Crippen LogP contribution in [0.25, 0.3) is 0 Å². The molecule has 3 N–H and O–H groups in total. The van der Waals surface area contributed by atoms with Crippen molar-refractivity contribution in [2.75, 3.05) is 13.7 Å². The Hall–Kier alpha value is -1.15. The molecule has 0 aliphatic heterocycles. The van der Waals surface area contributed by atoms with Crippen molar-refractivity contribution >= 4 is 28.4 Å². The van der Waals surface area contributed by atoms with Crippen LogP contribution >= 0.6 is 12.4 Å². The van der Waals surface area contributed by atoms with Crippen molar-refractivity contribution in [1.29, 1.82) is 0 Å². The lowest BCUT2D eigenvalue weighted by molar-refractivity contribution is 0.0599. The number of aryl methyl sites for hydroxylation is 1. The first-order chi connectivity index (χ1) is 10.9. The van der Waals surface area contributed by atoms with E-state index in [1.165, 1.54) is 19.2 Å². The van der Waals surface area contributed by atoms with Gasteiger partial charge in [-0.25, -0.2) is 17.9 Å². The third kappa shape index (κ3) is 4.69. The van der Waals surface area contributed by atoms with E-state index in [0.717, 1.165) is 25.7 Å². The van der Waals surface area contributed by atoms with E-state index in [4.69, 9.17) is 10.5 Å². The Morgan fingerprint density at radius 3 is 2.54 bits per heavy atom. The molecule has 1 fully saturated rings. The van der Waals surface area contributed by atoms with Gasteiger partial charge in [-0.15, -0.1) is 12.4 Å². The van der Waals surface area contributed by atoms with Crippen molar-refractivity contribution in [3.8, 4) is 0 Å². The Balaban J connectivity index is 0.00000288. The van der Waals surface area contributed by atoms with Crippen molar-refractivity contribution in [1.82, 2.24) is 4.72 Å². The summed E-state index contributed by atoms with van der Waals surface area (Å²) in [6.45, 7) is 2.00. The Bertz CT molecular complexity index is 673. The molecule has 136 valence electrons. The molecule has 0 bridgehead atoms. The predicted octanol–water partition coefficient (Wildman–Crippen LogP) is 2.00. The van der Waals surface area contributed by atoms with Crippen LogP contribution in [-0.4, -0.2) is 34.1 Å². The summed E-state index contributed by atoms with van der Waals surface area (Å²) in [4.78, 5) is 11.8. The molecule has 24 heavy (non-hydrogen) atoms. The molecule has 1 saturated carbocycles. The number of halogens is 1. The van der Waals surface area contributed by atoms with Gasteiger partial charge in [0.2, 0.25) is 10.0 Å². The van der Waals surface area contributed by atoms with E-state index in [1.54, 1.807) is 13.0 Å². The van der Waals surface area contributed by atoms with Crippen molar-refractivity contribution in [3.63, 3.8) is 0 Å². The molecule has 1 aliphatic rings. The number of sulfonamides is 1. The van der Waals surface area contributed by atoms with E-state index >= 15 is 0 Å². The maximum atomic E-state index is 12.6. The lowest BCUT2D eigenvalue weighted by Crippen LogP contribution is -2.44. The number of rotatable bonds is 6. The number of hydrogen-bond donors (Lipinski definition) is 2. The fourth-order valence-corrected chi connectivity index (χ4v) is 4.41. The highest BCUT2D eigenvalue weighted by Gasteiger charge is 2.29. The first kappa shape index (κ1) is 20.9. The minimum absolute atomic E-state index is 0. The lowest BCUT2D eigenvalue weighted by Gasteiger charge is -2.23. The average Bonchev–Trinajstić information content (AvgIpc) is 3.06. The lowest BCUT2D eigenvalue weighted by atomic mass is 9.99. The second kappa shape index (κ2) is 8.80. The van der Waals surface area contributed by atoms with Gasteiger partial charge in [-0.05, 0) is 43.4 Å². The average molecular weight is 377 g/mol. The fourth-order valence-electron chi connectivity index (χ4n) is 3.06. The Labute approximate surface area is 149 Å². The summed E-state index contributed by atoms with van der Waals surface area (Å²) in [5.74, 6) is -0.272. The molecule has 1 aliphatic carbocycles. The van der Waals surface area contributed by atoms with Crippen molar-refractivity contribution in [3.05, 3.63) is 29.3 Å². The molecule has 6 nitrogen and oxygen atoms in total. The summed E-state index contributed by atoms with van der Waals surface area (Å²) in [6, 6.07) is 4.18. The molecule has 1 unspecified atom stereocenters. The maximum Gasteiger partial charge on any atom is 0.338 e. The highest BCUT2D eigenvalue weighted by molar-refractivity contribution is 7.89. The number of hydrogen-bond acceptors (Lipinski definition) is 5. The minimum Gasteiger partial charge on any atom is -0.465 e. The molecule has 1 atom stereocenters. The number of carbonyl (C=O) groups excluding carboxylic acids is 1. The van der Waals surface area contributed by atoms with Gasteiger partial charge in [-0.2, -0.15) is 0 Å². The van der Waals surface area contributed by atoms with Crippen LogP contribution in [0.15, 0.2) is 23.1 Å². The smallest absolute Gasteiger partial charge is 0.338 e. The molecule has 0 aromatic heterocycles. The molecule has 2 rings (SSSR count). The highest BCUT2D eigenvalue weighted by atomic mass is 35.5. The highest BCUT2D eigenvalue weighted by Crippen LogP contribution is 2.28. The number of nitrogens with one attached hydrogen (secondary N) is 1. The van der Waals surface area contributed by atoms with Gasteiger partial charge in [0.1, 0.15) is 0 Å². The van der Waals surface area contributed by atoms with Gasteiger partial charge < -0.3 is 10.5 Å². The van der Waals surface area contributed by atoms with E-state index in [1.807, 2.05) is 0 Å². The molecule has 0 spiro atoms. The Morgan fingerprint density at radius 2 is 2.00 bits per heavy atom. The maximum absolute atomic E-state index is 12.6. The summed E-state index contributed by atoms with van der Waals surface area (Å²) < 4.78 is 32.6. The molecule has 0 amide bonds. The molecular weight excluding hydrogens is 352 g/mol. The molecule has 0 heterocycles. The normalized spacial score (nSPS) is 16.5. The largest absolute Gasteiger partial charge is 0.465 e.